The van der Waals surface area contributed by atoms with Crippen molar-refractivity contribution in [2.45, 2.75) is 25.4 Å². The third kappa shape index (κ3) is 3.84. The van der Waals surface area contributed by atoms with E-state index in [2.05, 4.69) is 101 Å². The molecular formula is C27H26N2O. The number of rotatable bonds is 6. The molecule has 0 bridgehead atoms. The molecule has 1 aliphatic rings. The molecule has 30 heavy (non-hydrogen) atoms. The Morgan fingerprint density at radius 3 is 2.30 bits per heavy atom. The summed E-state index contributed by atoms with van der Waals surface area (Å²) in [6.07, 6.45) is 6.33. The van der Waals surface area contributed by atoms with Crippen LogP contribution in [0.25, 0.3) is 0 Å². The van der Waals surface area contributed by atoms with Crippen molar-refractivity contribution < 1.29 is 4.74 Å². The van der Waals surface area contributed by atoms with E-state index < -0.39 is 0 Å². The van der Waals surface area contributed by atoms with Crippen LogP contribution in [-0.2, 0) is 13.0 Å². The van der Waals surface area contributed by atoms with E-state index in [1.54, 1.807) is 0 Å². The fourth-order valence-electron chi connectivity index (χ4n) is 4.35. The average Bonchev–Trinajstić information content (AvgIpc) is 3.33. The molecule has 0 aliphatic carbocycles. The first-order valence-corrected chi connectivity index (χ1v) is 10.6. The fourth-order valence-corrected chi connectivity index (χ4v) is 4.35. The summed E-state index contributed by atoms with van der Waals surface area (Å²) in [7, 11) is 0. The molecule has 1 aliphatic heterocycles. The van der Waals surface area contributed by atoms with Crippen LogP contribution >= 0.6 is 0 Å². The van der Waals surface area contributed by atoms with Crippen molar-refractivity contribution in [2.24, 2.45) is 0 Å². The number of ether oxygens (including phenoxy) is 1. The van der Waals surface area contributed by atoms with Gasteiger partial charge in [0.1, 0.15) is 12.4 Å². The van der Waals surface area contributed by atoms with Crippen molar-refractivity contribution >= 4 is 11.4 Å². The Kier molecular flexibility index (Phi) is 5.26. The van der Waals surface area contributed by atoms with Gasteiger partial charge < -0.3 is 14.2 Å². The minimum Gasteiger partial charge on any atom is -0.492 e. The number of aryl methyl sites for hydroxylation is 1. The number of aromatic nitrogens is 1. The Hall–Kier alpha value is -3.46. The van der Waals surface area contributed by atoms with Gasteiger partial charge in [-0.1, -0.05) is 48.5 Å². The SMILES string of the molecule is c1ccc(C2CCc3ccccc3N2c2ccc(OCCn3cccc3)cc2)cc1. The van der Waals surface area contributed by atoms with E-state index in [1.165, 1.54) is 22.5 Å². The largest absolute Gasteiger partial charge is 0.492 e. The van der Waals surface area contributed by atoms with Crippen LogP contribution < -0.4 is 9.64 Å². The second-order valence-corrected chi connectivity index (χ2v) is 7.73. The summed E-state index contributed by atoms with van der Waals surface area (Å²) in [5.74, 6) is 0.910. The molecule has 1 aromatic heterocycles. The first-order chi connectivity index (χ1) is 14.9. The predicted octanol–water partition coefficient (Wildman–Crippen LogP) is 6.39. The lowest BCUT2D eigenvalue weighted by Gasteiger charge is -2.39. The van der Waals surface area contributed by atoms with Crippen molar-refractivity contribution in [3.63, 3.8) is 0 Å². The van der Waals surface area contributed by atoms with E-state index in [0.29, 0.717) is 12.6 Å². The Morgan fingerprint density at radius 1 is 0.767 bits per heavy atom. The van der Waals surface area contributed by atoms with Crippen LogP contribution in [0.3, 0.4) is 0 Å². The summed E-state index contributed by atoms with van der Waals surface area (Å²) in [6, 6.07) is 32.6. The first kappa shape index (κ1) is 18.6. The van der Waals surface area contributed by atoms with Gasteiger partial charge in [-0.2, -0.15) is 0 Å². The molecule has 0 amide bonds. The summed E-state index contributed by atoms with van der Waals surface area (Å²) >= 11 is 0. The van der Waals surface area contributed by atoms with Crippen molar-refractivity contribution in [1.82, 2.24) is 4.57 Å². The highest BCUT2D eigenvalue weighted by molar-refractivity contribution is 5.70. The van der Waals surface area contributed by atoms with Gasteiger partial charge in [0.05, 0.1) is 12.6 Å². The zero-order valence-corrected chi connectivity index (χ0v) is 17.0. The molecule has 0 saturated heterocycles. The molecule has 5 rings (SSSR count). The topological polar surface area (TPSA) is 17.4 Å². The highest BCUT2D eigenvalue weighted by Gasteiger charge is 2.28. The number of hydrogen-bond donors (Lipinski definition) is 0. The second-order valence-electron chi connectivity index (χ2n) is 7.73. The normalized spacial score (nSPS) is 15.6. The van der Waals surface area contributed by atoms with Crippen LogP contribution in [0.4, 0.5) is 11.4 Å². The smallest absolute Gasteiger partial charge is 0.119 e. The van der Waals surface area contributed by atoms with E-state index in [-0.39, 0.29) is 0 Å². The van der Waals surface area contributed by atoms with Crippen LogP contribution in [0, 0.1) is 0 Å². The Labute approximate surface area is 178 Å². The summed E-state index contributed by atoms with van der Waals surface area (Å²) in [4.78, 5) is 2.48. The van der Waals surface area contributed by atoms with Crippen LogP contribution in [-0.4, -0.2) is 11.2 Å². The summed E-state index contributed by atoms with van der Waals surface area (Å²) in [5, 5.41) is 0. The molecule has 4 aromatic rings. The van der Waals surface area contributed by atoms with Gasteiger partial charge >= 0.3 is 0 Å². The number of anilines is 2. The van der Waals surface area contributed by atoms with Gasteiger partial charge in [-0.25, -0.2) is 0 Å². The highest BCUT2D eigenvalue weighted by Crippen LogP contribution is 2.43. The molecule has 3 nitrogen and oxygen atoms in total. The number of hydrogen-bond acceptors (Lipinski definition) is 2. The standard InChI is InChI=1S/C27H26N2O/c1-2-8-22(9-3-1)27-17-12-23-10-4-5-11-26(23)29(27)24-13-15-25(16-14-24)30-21-20-28-18-6-7-19-28/h1-11,13-16,18-19,27H,12,17,20-21H2. The van der Waals surface area contributed by atoms with Gasteiger partial charge in [-0.3, -0.25) is 0 Å². The summed E-state index contributed by atoms with van der Waals surface area (Å²) in [5.41, 5.74) is 5.28. The second kappa shape index (κ2) is 8.50. The first-order valence-electron chi connectivity index (χ1n) is 10.6. The van der Waals surface area contributed by atoms with E-state index >= 15 is 0 Å². The quantitative estimate of drug-likeness (QED) is 0.377. The van der Waals surface area contributed by atoms with Gasteiger partial charge in [0.25, 0.3) is 0 Å². The minimum atomic E-state index is 0.335. The molecule has 150 valence electrons. The number of nitrogens with zero attached hydrogens (tertiary/aromatic N) is 2. The van der Waals surface area contributed by atoms with Crippen molar-refractivity contribution in [1.29, 1.82) is 0 Å². The molecule has 0 spiro atoms. The molecule has 3 aromatic carbocycles. The molecule has 1 atom stereocenters. The minimum absolute atomic E-state index is 0.335. The summed E-state index contributed by atoms with van der Waals surface area (Å²) < 4.78 is 8.09. The lowest BCUT2D eigenvalue weighted by atomic mass is 9.90. The van der Waals surface area contributed by atoms with Gasteiger partial charge in [-0.15, -0.1) is 0 Å². The van der Waals surface area contributed by atoms with Gasteiger partial charge in [0.2, 0.25) is 0 Å². The van der Waals surface area contributed by atoms with Gasteiger partial charge in [0.15, 0.2) is 0 Å². The monoisotopic (exact) mass is 394 g/mol. The molecule has 1 unspecified atom stereocenters. The Balaban J connectivity index is 1.39. The summed E-state index contributed by atoms with van der Waals surface area (Å²) in [6.45, 7) is 1.51. The van der Waals surface area contributed by atoms with Gasteiger partial charge in [-0.05, 0) is 66.4 Å². The maximum absolute atomic E-state index is 5.96. The third-order valence-corrected chi connectivity index (χ3v) is 5.83. The fraction of sp³-hybridized carbons (Fsp3) is 0.185. The van der Waals surface area contributed by atoms with Gasteiger partial charge in [0, 0.05) is 23.8 Å². The van der Waals surface area contributed by atoms with Crippen molar-refractivity contribution in [2.75, 3.05) is 11.5 Å². The van der Waals surface area contributed by atoms with Crippen LogP contribution in [0.15, 0.2) is 103 Å². The maximum atomic E-state index is 5.96. The van der Waals surface area contributed by atoms with E-state index in [1.807, 2.05) is 12.1 Å². The van der Waals surface area contributed by atoms with Crippen LogP contribution in [0.1, 0.15) is 23.6 Å². The molecular weight excluding hydrogens is 368 g/mol. The molecule has 0 N–H and O–H groups in total. The molecule has 3 heteroatoms. The highest BCUT2D eigenvalue weighted by atomic mass is 16.5. The zero-order valence-electron chi connectivity index (χ0n) is 17.0. The van der Waals surface area contributed by atoms with Crippen LogP contribution in [0.5, 0.6) is 5.75 Å². The van der Waals surface area contributed by atoms with E-state index in [0.717, 1.165) is 25.1 Å². The van der Waals surface area contributed by atoms with E-state index in [9.17, 15) is 0 Å². The molecule has 2 heterocycles. The van der Waals surface area contributed by atoms with Crippen LogP contribution in [0.2, 0.25) is 0 Å². The Bertz CT molecular complexity index is 1070. The average molecular weight is 395 g/mol. The van der Waals surface area contributed by atoms with Crippen molar-refractivity contribution in [3.8, 4) is 5.75 Å². The lowest BCUT2D eigenvalue weighted by molar-refractivity contribution is 0.298. The Morgan fingerprint density at radius 2 is 1.50 bits per heavy atom. The lowest BCUT2D eigenvalue weighted by Crippen LogP contribution is -2.29. The number of benzene rings is 3. The molecule has 0 radical (unpaired) electrons. The molecule has 0 fully saturated rings. The molecule has 0 saturated carbocycles. The third-order valence-electron chi connectivity index (χ3n) is 5.83. The number of fused-ring (bicyclic) bond motifs is 1. The van der Waals surface area contributed by atoms with Crippen molar-refractivity contribution in [3.05, 3.63) is 115 Å². The predicted molar refractivity (Wildman–Crippen MR) is 122 cm³/mol. The number of para-hydroxylation sites is 1. The maximum Gasteiger partial charge on any atom is 0.119 e. The van der Waals surface area contributed by atoms with E-state index in [4.69, 9.17) is 4.74 Å². The zero-order chi connectivity index (χ0) is 20.2.